The van der Waals surface area contributed by atoms with Crippen LogP contribution in [0.25, 0.3) is 10.6 Å². The Kier molecular flexibility index (Phi) is 8.04. The summed E-state index contributed by atoms with van der Waals surface area (Å²) in [6.07, 6.45) is -4.43. The van der Waals surface area contributed by atoms with E-state index in [0.717, 1.165) is 34.6 Å². The number of urea groups is 1. The zero-order valence-electron chi connectivity index (χ0n) is 18.9. The molecule has 1 aromatic heterocycles. The highest BCUT2D eigenvalue weighted by molar-refractivity contribution is 7.18. The number of alkyl halides is 3. The van der Waals surface area contributed by atoms with E-state index >= 15 is 0 Å². The Hall–Kier alpha value is -3.96. The van der Waals surface area contributed by atoms with Crippen molar-refractivity contribution in [3.8, 4) is 10.6 Å². The Bertz CT molecular complexity index is 1400. The lowest BCUT2D eigenvalue weighted by Crippen LogP contribution is -2.46. The molecule has 3 aromatic carbocycles. The Morgan fingerprint density at radius 2 is 1.68 bits per heavy atom. The zero-order chi connectivity index (χ0) is 26.4. The van der Waals surface area contributed by atoms with Crippen LogP contribution in [0.4, 0.5) is 28.8 Å². The molecule has 1 atom stereocenters. The summed E-state index contributed by atoms with van der Waals surface area (Å²) in [4.78, 5) is 25.7. The molecule has 3 amide bonds. The number of halogens is 4. The monoisotopic (exact) mass is 545 g/mol. The Morgan fingerprint density at radius 1 is 0.919 bits per heavy atom. The fourth-order valence-electron chi connectivity index (χ4n) is 3.36. The number of benzene rings is 3. The van der Waals surface area contributed by atoms with Gasteiger partial charge in [0.2, 0.25) is 11.0 Å². The van der Waals surface area contributed by atoms with Crippen LogP contribution in [0.3, 0.4) is 0 Å². The molecule has 1 unspecified atom stereocenters. The van der Waals surface area contributed by atoms with E-state index in [2.05, 4.69) is 26.1 Å². The van der Waals surface area contributed by atoms with Gasteiger partial charge in [0.15, 0.2) is 0 Å². The van der Waals surface area contributed by atoms with Gasteiger partial charge in [-0.1, -0.05) is 71.5 Å². The lowest BCUT2D eigenvalue weighted by molar-refractivity contribution is -0.137. The molecule has 0 bridgehead atoms. The molecule has 190 valence electrons. The van der Waals surface area contributed by atoms with Crippen LogP contribution in [0.15, 0.2) is 78.9 Å². The topological polar surface area (TPSA) is 96.0 Å². The number of anilines is 2. The standard InChI is InChI=1S/C25H19ClF3N5O2S/c26-18-10-4-8-16(13-18)22-33-34-24(37-22)32-21(35)20(12-15-6-2-1-3-7-15)31-23(36)30-19-11-5-9-17(14-19)25(27,28)29/h1-11,13-14,20H,12H2,(H2,30,31,36)(H,32,34,35). The first-order chi connectivity index (χ1) is 17.7. The molecule has 4 aromatic rings. The van der Waals surface area contributed by atoms with Crippen LogP contribution in [-0.2, 0) is 17.4 Å². The second-order valence-electron chi connectivity index (χ2n) is 7.83. The molecule has 0 saturated heterocycles. The van der Waals surface area contributed by atoms with Crippen LogP contribution in [0.1, 0.15) is 11.1 Å². The third kappa shape index (κ3) is 7.28. The number of hydrogen-bond acceptors (Lipinski definition) is 5. The van der Waals surface area contributed by atoms with Gasteiger partial charge in [-0.05, 0) is 35.9 Å². The number of amides is 3. The minimum atomic E-state index is -4.56. The maximum Gasteiger partial charge on any atom is 0.416 e. The summed E-state index contributed by atoms with van der Waals surface area (Å²) in [5.74, 6) is -0.572. The van der Waals surface area contributed by atoms with Gasteiger partial charge < -0.3 is 10.6 Å². The van der Waals surface area contributed by atoms with Crippen LogP contribution in [0, 0.1) is 0 Å². The van der Waals surface area contributed by atoms with Gasteiger partial charge in [-0.2, -0.15) is 13.2 Å². The summed E-state index contributed by atoms with van der Waals surface area (Å²) in [5.41, 5.74) is 0.515. The summed E-state index contributed by atoms with van der Waals surface area (Å²) in [6, 6.07) is 18.3. The summed E-state index contributed by atoms with van der Waals surface area (Å²) in [6.45, 7) is 0. The van der Waals surface area contributed by atoms with E-state index in [9.17, 15) is 22.8 Å². The highest BCUT2D eigenvalue weighted by Crippen LogP contribution is 2.31. The molecule has 12 heteroatoms. The molecule has 37 heavy (non-hydrogen) atoms. The average Bonchev–Trinajstić information content (AvgIpc) is 3.32. The van der Waals surface area contributed by atoms with Crippen molar-refractivity contribution in [1.82, 2.24) is 15.5 Å². The highest BCUT2D eigenvalue weighted by atomic mass is 35.5. The largest absolute Gasteiger partial charge is 0.416 e. The third-order valence-corrected chi connectivity index (χ3v) is 6.20. The van der Waals surface area contributed by atoms with Gasteiger partial charge in [-0.15, -0.1) is 10.2 Å². The van der Waals surface area contributed by atoms with Crippen molar-refractivity contribution in [3.05, 3.63) is 95.0 Å². The van der Waals surface area contributed by atoms with Crippen molar-refractivity contribution in [2.75, 3.05) is 10.6 Å². The summed E-state index contributed by atoms with van der Waals surface area (Å²) in [7, 11) is 0. The number of nitrogens with one attached hydrogen (secondary N) is 3. The summed E-state index contributed by atoms with van der Waals surface area (Å²) < 4.78 is 39.0. The van der Waals surface area contributed by atoms with E-state index in [0.29, 0.717) is 10.0 Å². The number of rotatable bonds is 7. The summed E-state index contributed by atoms with van der Waals surface area (Å²) in [5, 5.41) is 16.9. The first-order valence-electron chi connectivity index (χ1n) is 10.9. The van der Waals surface area contributed by atoms with Gasteiger partial charge in [0.1, 0.15) is 11.0 Å². The molecule has 7 nitrogen and oxygen atoms in total. The number of carbonyl (C=O) groups excluding carboxylic acids is 2. The Balaban J connectivity index is 1.48. The van der Waals surface area contributed by atoms with Crippen molar-refractivity contribution in [1.29, 1.82) is 0 Å². The highest BCUT2D eigenvalue weighted by Gasteiger charge is 2.30. The average molecular weight is 546 g/mol. The van der Waals surface area contributed by atoms with Crippen molar-refractivity contribution in [2.24, 2.45) is 0 Å². The van der Waals surface area contributed by atoms with Gasteiger partial charge in [0, 0.05) is 22.7 Å². The lowest BCUT2D eigenvalue weighted by atomic mass is 10.1. The van der Waals surface area contributed by atoms with E-state index in [1.165, 1.54) is 12.1 Å². The number of carbonyl (C=O) groups is 2. The van der Waals surface area contributed by atoms with Crippen LogP contribution in [-0.4, -0.2) is 28.2 Å². The van der Waals surface area contributed by atoms with E-state index in [1.54, 1.807) is 48.5 Å². The van der Waals surface area contributed by atoms with Gasteiger partial charge in [0.25, 0.3) is 0 Å². The summed E-state index contributed by atoms with van der Waals surface area (Å²) >= 11 is 7.15. The number of hydrogen-bond donors (Lipinski definition) is 3. The van der Waals surface area contributed by atoms with Crippen LogP contribution in [0.5, 0.6) is 0 Å². The second kappa shape index (κ2) is 11.4. The van der Waals surface area contributed by atoms with Gasteiger partial charge in [0.05, 0.1) is 5.56 Å². The van der Waals surface area contributed by atoms with E-state index in [4.69, 9.17) is 11.6 Å². The minimum Gasteiger partial charge on any atom is -0.326 e. The SMILES string of the molecule is O=C(Nc1cccc(C(F)(F)F)c1)NC(Cc1ccccc1)C(=O)Nc1nnc(-c2cccc(Cl)c2)s1. The van der Waals surface area contributed by atoms with Gasteiger partial charge >= 0.3 is 12.2 Å². The minimum absolute atomic E-state index is 0.0681. The predicted molar refractivity (Wildman–Crippen MR) is 137 cm³/mol. The number of nitrogens with zero attached hydrogens (tertiary/aromatic N) is 2. The first-order valence-corrected chi connectivity index (χ1v) is 12.1. The smallest absolute Gasteiger partial charge is 0.326 e. The Labute approximate surface area is 218 Å². The van der Waals surface area contributed by atoms with Crippen molar-refractivity contribution in [2.45, 2.75) is 18.6 Å². The zero-order valence-corrected chi connectivity index (χ0v) is 20.5. The molecule has 0 saturated carbocycles. The molecule has 0 aliphatic heterocycles. The second-order valence-corrected chi connectivity index (χ2v) is 9.25. The van der Waals surface area contributed by atoms with Crippen LogP contribution >= 0.6 is 22.9 Å². The van der Waals surface area contributed by atoms with Crippen molar-refractivity contribution in [3.63, 3.8) is 0 Å². The van der Waals surface area contributed by atoms with Crippen LogP contribution < -0.4 is 16.0 Å². The number of aromatic nitrogens is 2. The van der Waals surface area contributed by atoms with E-state index in [1.807, 2.05) is 6.07 Å². The van der Waals surface area contributed by atoms with Crippen molar-refractivity contribution >= 4 is 45.7 Å². The van der Waals surface area contributed by atoms with Crippen LogP contribution in [0.2, 0.25) is 5.02 Å². The van der Waals surface area contributed by atoms with Crippen molar-refractivity contribution < 1.29 is 22.8 Å². The molecular formula is C25H19ClF3N5O2S. The quantitative estimate of drug-likeness (QED) is 0.256. The maximum atomic E-state index is 13.1. The molecule has 0 aliphatic rings. The molecule has 0 aliphatic carbocycles. The van der Waals surface area contributed by atoms with E-state index in [-0.39, 0.29) is 17.2 Å². The first kappa shape index (κ1) is 26.1. The Morgan fingerprint density at radius 3 is 2.41 bits per heavy atom. The molecule has 0 radical (unpaired) electrons. The molecule has 4 rings (SSSR count). The molecular weight excluding hydrogens is 527 g/mol. The lowest BCUT2D eigenvalue weighted by Gasteiger charge is -2.18. The normalized spacial score (nSPS) is 12.0. The van der Waals surface area contributed by atoms with Gasteiger partial charge in [-0.25, -0.2) is 4.79 Å². The predicted octanol–water partition coefficient (Wildman–Crippen LogP) is 6.25. The third-order valence-electron chi connectivity index (χ3n) is 5.08. The molecule has 0 spiro atoms. The molecule has 3 N–H and O–H groups in total. The fraction of sp³-hybridized carbons (Fsp3) is 0.120. The fourth-order valence-corrected chi connectivity index (χ4v) is 4.30. The molecule has 1 heterocycles. The van der Waals surface area contributed by atoms with E-state index < -0.39 is 29.7 Å². The maximum absolute atomic E-state index is 13.1. The van der Waals surface area contributed by atoms with Gasteiger partial charge in [-0.3, -0.25) is 10.1 Å². The molecule has 0 fully saturated rings.